The van der Waals surface area contributed by atoms with E-state index in [0.717, 1.165) is 11.3 Å². The van der Waals surface area contributed by atoms with Crippen LogP contribution < -0.4 is 16.0 Å². The van der Waals surface area contributed by atoms with Crippen molar-refractivity contribution in [3.8, 4) is 0 Å². The number of rotatable bonds is 8. The molecule has 1 unspecified atom stereocenters. The molecule has 0 saturated heterocycles. The lowest BCUT2D eigenvalue weighted by molar-refractivity contribution is 0.0378. The van der Waals surface area contributed by atoms with E-state index in [9.17, 15) is 9.90 Å². The second-order valence-corrected chi connectivity index (χ2v) is 7.36. The van der Waals surface area contributed by atoms with Crippen molar-refractivity contribution in [2.45, 2.75) is 32.9 Å². The van der Waals surface area contributed by atoms with Crippen LogP contribution in [-0.2, 0) is 12.1 Å². The van der Waals surface area contributed by atoms with Gasteiger partial charge in [-0.2, -0.15) is 0 Å². The van der Waals surface area contributed by atoms with Crippen molar-refractivity contribution in [3.63, 3.8) is 0 Å². The van der Waals surface area contributed by atoms with Crippen molar-refractivity contribution in [1.29, 1.82) is 0 Å². The fourth-order valence-corrected chi connectivity index (χ4v) is 2.93. The van der Waals surface area contributed by atoms with Crippen LogP contribution in [0.1, 0.15) is 41.5 Å². The Hall–Kier alpha value is -3.52. The maximum atomic E-state index is 12.2. The molecule has 8 nitrogen and oxygen atoms in total. The predicted molar refractivity (Wildman–Crippen MR) is 119 cm³/mol. The summed E-state index contributed by atoms with van der Waals surface area (Å²) in [4.78, 5) is 16.7. The highest BCUT2D eigenvalue weighted by Gasteiger charge is 2.27. The molecule has 0 aliphatic rings. The largest absolute Gasteiger partial charge is 0.463 e. The minimum atomic E-state index is -1.18. The molecule has 3 rings (SSSR count). The van der Waals surface area contributed by atoms with Crippen molar-refractivity contribution < 1.29 is 18.7 Å². The molecule has 1 aromatic carbocycles. The molecule has 4 N–H and O–H groups in total. The summed E-state index contributed by atoms with van der Waals surface area (Å²) in [6, 6.07) is 14.3. The SMILES string of the molecule is CCNC(=NCc1cccc(NC(=O)c2ccco2)c1)NCC(C)(O)c1ccc(C)o1. The molecule has 0 aliphatic heterocycles. The molecule has 2 heterocycles. The first-order valence-corrected chi connectivity index (χ1v) is 10.1. The Balaban J connectivity index is 1.62. The molecule has 0 saturated carbocycles. The van der Waals surface area contributed by atoms with Crippen molar-refractivity contribution in [2.24, 2.45) is 4.99 Å². The molecule has 31 heavy (non-hydrogen) atoms. The number of carbonyl (C=O) groups is 1. The van der Waals surface area contributed by atoms with Gasteiger partial charge in [0.15, 0.2) is 11.7 Å². The van der Waals surface area contributed by atoms with E-state index in [0.29, 0.717) is 30.5 Å². The summed E-state index contributed by atoms with van der Waals surface area (Å²) in [7, 11) is 0. The number of amides is 1. The Kier molecular flexibility index (Phi) is 7.15. The Labute approximate surface area is 181 Å². The van der Waals surface area contributed by atoms with Crippen LogP contribution in [0.5, 0.6) is 0 Å². The van der Waals surface area contributed by atoms with E-state index in [1.54, 1.807) is 31.2 Å². The first-order valence-electron chi connectivity index (χ1n) is 10.1. The second-order valence-electron chi connectivity index (χ2n) is 7.36. The maximum absolute atomic E-state index is 12.2. The first kappa shape index (κ1) is 22.2. The number of anilines is 1. The summed E-state index contributed by atoms with van der Waals surface area (Å²) in [5, 5.41) is 19.8. The highest BCUT2D eigenvalue weighted by Crippen LogP contribution is 2.22. The van der Waals surface area contributed by atoms with Gasteiger partial charge < -0.3 is 29.9 Å². The average Bonchev–Trinajstić information content (AvgIpc) is 3.43. The van der Waals surface area contributed by atoms with E-state index < -0.39 is 5.60 Å². The van der Waals surface area contributed by atoms with Crippen LogP contribution >= 0.6 is 0 Å². The van der Waals surface area contributed by atoms with Crippen LogP contribution in [0.15, 0.2) is 68.6 Å². The van der Waals surface area contributed by atoms with E-state index >= 15 is 0 Å². The fraction of sp³-hybridized carbons (Fsp3) is 0.304. The minimum absolute atomic E-state index is 0.227. The van der Waals surface area contributed by atoms with Crippen molar-refractivity contribution in [3.05, 3.63) is 77.6 Å². The third-order valence-electron chi connectivity index (χ3n) is 4.57. The monoisotopic (exact) mass is 424 g/mol. The minimum Gasteiger partial charge on any atom is -0.463 e. The molecule has 1 atom stereocenters. The van der Waals surface area contributed by atoms with Crippen LogP contribution in [0.2, 0.25) is 0 Å². The van der Waals surface area contributed by atoms with Gasteiger partial charge in [-0.15, -0.1) is 0 Å². The second kappa shape index (κ2) is 9.99. The normalized spacial score (nSPS) is 13.5. The van der Waals surface area contributed by atoms with E-state index in [1.807, 2.05) is 38.1 Å². The number of aryl methyl sites for hydroxylation is 1. The lowest BCUT2D eigenvalue weighted by atomic mass is 10.0. The third-order valence-corrected chi connectivity index (χ3v) is 4.57. The lowest BCUT2D eigenvalue weighted by Crippen LogP contribution is -2.44. The molecule has 0 fully saturated rings. The van der Waals surface area contributed by atoms with E-state index in [-0.39, 0.29) is 18.2 Å². The van der Waals surface area contributed by atoms with Gasteiger partial charge in [-0.25, -0.2) is 4.99 Å². The molecule has 3 aromatic rings. The number of aliphatic hydroxyl groups is 1. The number of hydrogen-bond acceptors (Lipinski definition) is 5. The molecule has 164 valence electrons. The summed E-state index contributed by atoms with van der Waals surface area (Å²) < 4.78 is 10.7. The van der Waals surface area contributed by atoms with Gasteiger partial charge in [0, 0.05) is 12.2 Å². The highest BCUT2D eigenvalue weighted by molar-refractivity contribution is 6.02. The summed E-state index contributed by atoms with van der Waals surface area (Å²) in [5.41, 5.74) is 0.395. The number of furan rings is 2. The number of benzene rings is 1. The van der Waals surface area contributed by atoms with Gasteiger partial charge in [-0.05, 0) is 62.7 Å². The van der Waals surface area contributed by atoms with Gasteiger partial charge in [0.25, 0.3) is 5.91 Å². The first-order chi connectivity index (χ1) is 14.9. The smallest absolute Gasteiger partial charge is 0.291 e. The van der Waals surface area contributed by atoms with Crippen molar-refractivity contribution in [2.75, 3.05) is 18.4 Å². The van der Waals surface area contributed by atoms with Gasteiger partial charge in [-0.3, -0.25) is 4.79 Å². The Morgan fingerprint density at radius 2 is 2.00 bits per heavy atom. The maximum Gasteiger partial charge on any atom is 0.291 e. The number of nitrogens with zero attached hydrogens (tertiary/aromatic N) is 1. The van der Waals surface area contributed by atoms with Gasteiger partial charge in [0.1, 0.15) is 17.1 Å². The van der Waals surface area contributed by atoms with E-state index in [4.69, 9.17) is 8.83 Å². The topological polar surface area (TPSA) is 112 Å². The zero-order chi connectivity index (χ0) is 22.3. The third kappa shape index (κ3) is 6.23. The van der Waals surface area contributed by atoms with E-state index in [1.165, 1.54) is 6.26 Å². The number of aliphatic imine (C=N–C) groups is 1. The number of hydrogen-bond donors (Lipinski definition) is 4. The summed E-state index contributed by atoms with van der Waals surface area (Å²) in [6.45, 7) is 6.78. The van der Waals surface area contributed by atoms with Crippen LogP contribution in [-0.4, -0.2) is 30.1 Å². The molecule has 0 bridgehead atoms. The summed E-state index contributed by atoms with van der Waals surface area (Å²) in [6.07, 6.45) is 1.46. The van der Waals surface area contributed by atoms with Crippen LogP contribution in [0.25, 0.3) is 0 Å². The quantitative estimate of drug-likeness (QED) is 0.326. The molecule has 1 amide bonds. The zero-order valence-corrected chi connectivity index (χ0v) is 17.9. The Morgan fingerprint density at radius 3 is 2.68 bits per heavy atom. The van der Waals surface area contributed by atoms with Crippen LogP contribution in [0, 0.1) is 6.92 Å². The number of carbonyl (C=O) groups excluding carboxylic acids is 1. The molecule has 0 radical (unpaired) electrons. The highest BCUT2D eigenvalue weighted by atomic mass is 16.4. The standard InChI is InChI=1S/C23H28N4O4/c1-4-24-22(26-15-23(3,29)20-11-10-16(2)31-20)25-14-17-7-5-8-18(13-17)27-21(28)19-9-6-12-30-19/h5-13,29H,4,14-15H2,1-3H3,(H,27,28)(H2,24,25,26). The molecule has 2 aromatic heterocycles. The van der Waals surface area contributed by atoms with Gasteiger partial charge >= 0.3 is 0 Å². The fourth-order valence-electron chi connectivity index (χ4n) is 2.93. The molecule has 0 aliphatic carbocycles. The van der Waals surface area contributed by atoms with E-state index in [2.05, 4.69) is 20.9 Å². The average molecular weight is 425 g/mol. The number of guanidine groups is 1. The number of nitrogens with one attached hydrogen (secondary N) is 3. The molecular formula is C23H28N4O4. The zero-order valence-electron chi connectivity index (χ0n) is 17.9. The van der Waals surface area contributed by atoms with Crippen LogP contribution in [0.4, 0.5) is 5.69 Å². The lowest BCUT2D eigenvalue weighted by Gasteiger charge is -2.22. The van der Waals surface area contributed by atoms with Gasteiger partial charge in [-0.1, -0.05) is 12.1 Å². The Morgan fingerprint density at radius 1 is 1.16 bits per heavy atom. The van der Waals surface area contributed by atoms with Crippen molar-refractivity contribution >= 4 is 17.6 Å². The van der Waals surface area contributed by atoms with Gasteiger partial charge in [0.05, 0.1) is 19.4 Å². The Bertz CT molecular complexity index is 1020. The summed E-state index contributed by atoms with van der Waals surface area (Å²) >= 11 is 0. The predicted octanol–water partition coefficient (Wildman–Crippen LogP) is 3.40. The summed E-state index contributed by atoms with van der Waals surface area (Å²) in [5.74, 6) is 1.75. The van der Waals surface area contributed by atoms with Gasteiger partial charge in [0.2, 0.25) is 0 Å². The molecule has 0 spiro atoms. The molecule has 8 heteroatoms. The molecular weight excluding hydrogens is 396 g/mol. The van der Waals surface area contributed by atoms with Crippen molar-refractivity contribution in [1.82, 2.24) is 10.6 Å². The van der Waals surface area contributed by atoms with Crippen LogP contribution in [0.3, 0.4) is 0 Å².